The van der Waals surface area contributed by atoms with E-state index in [9.17, 15) is 34.2 Å². The lowest BCUT2D eigenvalue weighted by atomic mass is 10.0. The lowest BCUT2D eigenvalue weighted by molar-refractivity contribution is -0.142. The number of imidazole rings is 1. The van der Waals surface area contributed by atoms with Crippen molar-refractivity contribution in [3.63, 3.8) is 0 Å². The van der Waals surface area contributed by atoms with Crippen molar-refractivity contribution in [2.24, 2.45) is 17.2 Å². The van der Waals surface area contributed by atoms with Crippen molar-refractivity contribution in [1.82, 2.24) is 25.9 Å². The molecule has 0 bridgehead atoms. The molecule has 224 valence electrons. The van der Waals surface area contributed by atoms with E-state index in [4.69, 9.17) is 17.2 Å². The number of amides is 4. The first-order chi connectivity index (χ1) is 19.5. The number of aromatic nitrogens is 2. The lowest BCUT2D eigenvalue weighted by Gasteiger charge is -2.25. The van der Waals surface area contributed by atoms with Crippen LogP contribution in [0.25, 0.3) is 0 Å². The van der Waals surface area contributed by atoms with Crippen molar-refractivity contribution >= 4 is 29.6 Å². The van der Waals surface area contributed by atoms with E-state index >= 15 is 0 Å². The number of carbonyl (C=O) groups excluding carboxylic acids is 4. The Hall–Kier alpha value is -4.50. The third-order valence-corrected chi connectivity index (χ3v) is 6.22. The molecule has 1 aromatic carbocycles. The second kappa shape index (κ2) is 16.6. The number of nitrogens with two attached hydrogens (primary N) is 3. The fourth-order valence-corrected chi connectivity index (χ4v) is 3.91. The predicted octanol–water partition coefficient (Wildman–Crippen LogP) is -1.84. The molecular weight excluding hydrogens is 536 g/mol. The molecule has 4 unspecified atom stereocenters. The Morgan fingerprint density at radius 2 is 1.49 bits per heavy atom. The minimum Gasteiger partial charge on any atom is -0.508 e. The molecule has 0 spiro atoms. The molecule has 0 aliphatic carbocycles. The maximum atomic E-state index is 13.5. The SMILES string of the molecule is NCCCCC(N)C(=O)NC(Cc1cnc[nH]1)C(=O)NC(Cc1ccc(O)cc1)C(=O)NC(CCC(N)=O)C(=O)O. The first-order valence-corrected chi connectivity index (χ1v) is 13.1. The Bertz CT molecular complexity index is 1160. The second-order valence-corrected chi connectivity index (χ2v) is 9.57. The summed E-state index contributed by atoms with van der Waals surface area (Å²) in [5, 5.41) is 26.7. The van der Waals surface area contributed by atoms with Crippen LogP contribution in [0.2, 0.25) is 0 Å². The zero-order valence-corrected chi connectivity index (χ0v) is 22.5. The number of nitrogens with zero attached hydrogens (tertiary/aromatic N) is 1. The Morgan fingerprint density at radius 1 is 0.878 bits per heavy atom. The maximum absolute atomic E-state index is 13.5. The quantitative estimate of drug-likeness (QED) is 0.0897. The molecule has 4 atom stereocenters. The number of phenolic OH excluding ortho intramolecular Hbond substituents is 1. The molecule has 15 heteroatoms. The summed E-state index contributed by atoms with van der Waals surface area (Å²) < 4.78 is 0. The molecule has 4 amide bonds. The molecule has 0 aliphatic rings. The molecular formula is C26H38N8O7. The van der Waals surface area contributed by atoms with Gasteiger partial charge in [0.15, 0.2) is 0 Å². The van der Waals surface area contributed by atoms with Crippen molar-refractivity contribution in [3.05, 3.63) is 48.0 Å². The number of aliphatic carboxylic acids is 1. The van der Waals surface area contributed by atoms with Crippen LogP contribution in [0.15, 0.2) is 36.8 Å². The molecule has 41 heavy (non-hydrogen) atoms. The second-order valence-electron chi connectivity index (χ2n) is 9.57. The number of carboxylic acids is 1. The van der Waals surface area contributed by atoms with Gasteiger partial charge in [0, 0.05) is 31.2 Å². The Kier molecular flexibility index (Phi) is 13.2. The van der Waals surface area contributed by atoms with Gasteiger partial charge in [-0.1, -0.05) is 18.6 Å². The van der Waals surface area contributed by atoms with E-state index in [-0.39, 0.29) is 31.4 Å². The summed E-state index contributed by atoms with van der Waals surface area (Å²) in [6, 6.07) is 1.07. The van der Waals surface area contributed by atoms with Crippen LogP contribution in [0.5, 0.6) is 5.75 Å². The fourth-order valence-electron chi connectivity index (χ4n) is 3.91. The van der Waals surface area contributed by atoms with Gasteiger partial charge in [0.2, 0.25) is 23.6 Å². The standard InChI is InChI=1S/C26H38N8O7/c27-10-2-1-3-18(28)23(37)33-21(12-16-13-30-14-31-16)25(39)34-20(11-15-4-6-17(35)7-5-15)24(38)32-19(26(40)41)8-9-22(29)36/h4-7,13-14,18-21,35H,1-3,8-12,27-28H2,(H2,29,36)(H,30,31)(H,32,38)(H,33,37)(H,34,39)(H,40,41). The number of unbranched alkanes of at least 4 members (excludes halogenated alkanes) is 1. The number of primary amides is 1. The average molecular weight is 575 g/mol. The van der Waals surface area contributed by atoms with Gasteiger partial charge in [0.25, 0.3) is 0 Å². The number of phenols is 1. The van der Waals surface area contributed by atoms with Crippen molar-refractivity contribution in [2.45, 2.75) is 69.1 Å². The number of aromatic hydroxyl groups is 1. The lowest BCUT2D eigenvalue weighted by Crippen LogP contribution is -2.58. The van der Waals surface area contributed by atoms with Crippen LogP contribution >= 0.6 is 0 Å². The van der Waals surface area contributed by atoms with E-state index in [1.54, 1.807) is 0 Å². The highest BCUT2D eigenvalue weighted by Gasteiger charge is 2.31. The zero-order valence-electron chi connectivity index (χ0n) is 22.5. The summed E-state index contributed by atoms with van der Waals surface area (Å²) in [5.41, 5.74) is 17.7. The van der Waals surface area contributed by atoms with Gasteiger partial charge in [-0.15, -0.1) is 0 Å². The van der Waals surface area contributed by atoms with Crippen LogP contribution in [0.4, 0.5) is 0 Å². The molecule has 0 saturated carbocycles. The van der Waals surface area contributed by atoms with Gasteiger partial charge >= 0.3 is 5.97 Å². The molecule has 15 nitrogen and oxygen atoms in total. The van der Waals surface area contributed by atoms with Gasteiger partial charge in [0.1, 0.15) is 23.9 Å². The van der Waals surface area contributed by atoms with Crippen molar-refractivity contribution in [1.29, 1.82) is 0 Å². The van der Waals surface area contributed by atoms with Crippen LogP contribution in [0, 0.1) is 0 Å². The Morgan fingerprint density at radius 3 is 2.05 bits per heavy atom. The van der Waals surface area contributed by atoms with Crippen LogP contribution in [0.3, 0.4) is 0 Å². The summed E-state index contributed by atoms with van der Waals surface area (Å²) >= 11 is 0. The summed E-state index contributed by atoms with van der Waals surface area (Å²) in [4.78, 5) is 69.1. The first-order valence-electron chi connectivity index (χ1n) is 13.1. The molecule has 12 N–H and O–H groups in total. The van der Waals surface area contributed by atoms with E-state index in [0.717, 1.165) is 0 Å². The van der Waals surface area contributed by atoms with Gasteiger partial charge in [-0.2, -0.15) is 0 Å². The zero-order chi connectivity index (χ0) is 30.4. The van der Waals surface area contributed by atoms with Crippen molar-refractivity contribution in [3.8, 4) is 5.75 Å². The monoisotopic (exact) mass is 574 g/mol. The van der Waals surface area contributed by atoms with Crippen LogP contribution in [-0.2, 0) is 36.8 Å². The maximum Gasteiger partial charge on any atom is 0.326 e. The predicted molar refractivity (Wildman–Crippen MR) is 147 cm³/mol. The van der Waals surface area contributed by atoms with E-state index in [0.29, 0.717) is 37.1 Å². The molecule has 0 aliphatic heterocycles. The number of H-pyrrole nitrogens is 1. The number of carboxylic acid groups (broad SMARTS) is 1. The number of carbonyl (C=O) groups is 5. The highest BCUT2D eigenvalue weighted by atomic mass is 16.4. The summed E-state index contributed by atoms with van der Waals surface area (Å²) in [6.45, 7) is 0.453. The number of rotatable bonds is 18. The molecule has 2 rings (SSSR count). The fraction of sp³-hybridized carbons (Fsp3) is 0.462. The van der Waals surface area contributed by atoms with E-state index < -0.39 is 53.8 Å². The Labute approximate surface area is 236 Å². The molecule has 0 radical (unpaired) electrons. The number of nitrogens with one attached hydrogen (secondary N) is 4. The minimum absolute atomic E-state index is 0.00297. The minimum atomic E-state index is -1.44. The van der Waals surface area contributed by atoms with Crippen molar-refractivity contribution < 1.29 is 34.2 Å². The van der Waals surface area contributed by atoms with Gasteiger partial charge < -0.3 is 48.3 Å². The molecule has 1 aromatic heterocycles. The molecule has 2 aromatic rings. The van der Waals surface area contributed by atoms with Gasteiger partial charge in [-0.05, 0) is 43.5 Å². The van der Waals surface area contributed by atoms with Crippen molar-refractivity contribution in [2.75, 3.05) is 6.54 Å². The average Bonchev–Trinajstić information content (AvgIpc) is 3.44. The summed E-state index contributed by atoms with van der Waals surface area (Å²) in [5.74, 6) is -4.28. The molecule has 1 heterocycles. The van der Waals surface area contributed by atoms with Crippen LogP contribution in [-0.4, -0.2) is 80.5 Å². The normalized spacial score (nSPS) is 13.8. The van der Waals surface area contributed by atoms with Crippen LogP contribution < -0.4 is 33.2 Å². The van der Waals surface area contributed by atoms with Gasteiger partial charge in [0.05, 0.1) is 12.4 Å². The largest absolute Gasteiger partial charge is 0.508 e. The topological polar surface area (TPSA) is 269 Å². The Balaban J connectivity index is 2.26. The molecule has 0 saturated heterocycles. The van der Waals surface area contributed by atoms with E-state index in [1.807, 2.05) is 0 Å². The highest BCUT2D eigenvalue weighted by Crippen LogP contribution is 2.12. The van der Waals surface area contributed by atoms with E-state index in [2.05, 4.69) is 25.9 Å². The summed E-state index contributed by atoms with van der Waals surface area (Å²) in [6.07, 6.45) is 3.93. The third kappa shape index (κ3) is 11.6. The number of aromatic amines is 1. The van der Waals surface area contributed by atoms with Gasteiger partial charge in [-0.25, -0.2) is 9.78 Å². The van der Waals surface area contributed by atoms with Gasteiger partial charge in [-0.3, -0.25) is 19.2 Å². The smallest absolute Gasteiger partial charge is 0.326 e. The van der Waals surface area contributed by atoms with E-state index in [1.165, 1.54) is 36.8 Å². The van der Waals surface area contributed by atoms with Crippen LogP contribution in [0.1, 0.15) is 43.4 Å². The number of benzene rings is 1. The number of hydrogen-bond donors (Lipinski definition) is 9. The first kappa shape index (κ1) is 32.7. The highest BCUT2D eigenvalue weighted by molar-refractivity contribution is 5.94. The summed E-state index contributed by atoms with van der Waals surface area (Å²) in [7, 11) is 0. The third-order valence-electron chi connectivity index (χ3n) is 6.22. The number of hydrogen-bond acceptors (Lipinski definition) is 9. The molecule has 0 fully saturated rings.